The maximum Gasteiger partial charge on any atom is 0.289 e. The summed E-state index contributed by atoms with van der Waals surface area (Å²) in [7, 11) is 0. The van der Waals surface area contributed by atoms with Crippen molar-refractivity contribution in [2.75, 3.05) is 26.2 Å². The van der Waals surface area contributed by atoms with Crippen molar-refractivity contribution in [3.05, 3.63) is 46.0 Å². The van der Waals surface area contributed by atoms with Crippen molar-refractivity contribution >= 4 is 23.2 Å². The minimum atomic E-state index is -0.106. The highest BCUT2D eigenvalue weighted by molar-refractivity contribution is 7.08. The molecule has 1 aliphatic rings. The molecule has 2 amide bonds. The largest absolute Gasteiger partial charge is 0.456 e. The van der Waals surface area contributed by atoms with E-state index in [0.29, 0.717) is 31.9 Å². The van der Waals surface area contributed by atoms with Crippen LogP contribution in [0.1, 0.15) is 26.7 Å². The standard InChI is InChI=1S/C15H16N2O3S/c1-11-2-3-13(20-11)15(19)17-7-5-16(6-8-17)14(18)12-4-9-21-10-12/h2-4,9-10H,5-8H2,1H3. The first-order valence-electron chi connectivity index (χ1n) is 6.82. The SMILES string of the molecule is Cc1ccc(C(=O)N2CCN(C(=O)c3ccsc3)CC2)o1. The van der Waals surface area contributed by atoms with Crippen molar-refractivity contribution in [1.82, 2.24) is 9.80 Å². The molecule has 1 aliphatic heterocycles. The van der Waals surface area contributed by atoms with Crippen LogP contribution >= 0.6 is 11.3 Å². The number of furan rings is 1. The zero-order valence-electron chi connectivity index (χ0n) is 11.7. The van der Waals surface area contributed by atoms with Crippen molar-refractivity contribution in [1.29, 1.82) is 0 Å². The Labute approximate surface area is 126 Å². The molecule has 0 aliphatic carbocycles. The summed E-state index contributed by atoms with van der Waals surface area (Å²) >= 11 is 1.51. The number of aryl methyl sites for hydroxylation is 1. The van der Waals surface area contributed by atoms with Crippen LogP contribution in [0.4, 0.5) is 0 Å². The Morgan fingerprint density at radius 1 is 1.05 bits per heavy atom. The number of hydrogen-bond acceptors (Lipinski definition) is 4. The van der Waals surface area contributed by atoms with Crippen LogP contribution in [0, 0.1) is 6.92 Å². The van der Waals surface area contributed by atoms with E-state index in [1.807, 2.05) is 23.8 Å². The van der Waals surface area contributed by atoms with Crippen molar-refractivity contribution in [2.45, 2.75) is 6.92 Å². The Bertz CT molecular complexity index is 640. The van der Waals surface area contributed by atoms with E-state index in [4.69, 9.17) is 4.42 Å². The molecular formula is C15H16N2O3S. The van der Waals surface area contributed by atoms with Gasteiger partial charge in [-0.1, -0.05) is 0 Å². The van der Waals surface area contributed by atoms with Gasteiger partial charge >= 0.3 is 0 Å². The Kier molecular flexibility index (Phi) is 3.79. The Morgan fingerprint density at radius 3 is 2.24 bits per heavy atom. The Hall–Kier alpha value is -2.08. The monoisotopic (exact) mass is 304 g/mol. The molecule has 3 rings (SSSR count). The van der Waals surface area contributed by atoms with Gasteiger partial charge in [0.25, 0.3) is 11.8 Å². The van der Waals surface area contributed by atoms with Crippen molar-refractivity contribution < 1.29 is 14.0 Å². The summed E-state index contributed by atoms with van der Waals surface area (Å²) in [4.78, 5) is 28.0. The van der Waals surface area contributed by atoms with Gasteiger partial charge in [-0.3, -0.25) is 9.59 Å². The van der Waals surface area contributed by atoms with Gasteiger partial charge in [-0.05, 0) is 30.5 Å². The second kappa shape index (κ2) is 5.73. The minimum Gasteiger partial charge on any atom is -0.456 e. The Balaban J connectivity index is 1.60. The van der Waals surface area contributed by atoms with E-state index < -0.39 is 0 Å². The molecule has 21 heavy (non-hydrogen) atoms. The smallest absolute Gasteiger partial charge is 0.289 e. The van der Waals surface area contributed by atoms with Gasteiger partial charge in [-0.15, -0.1) is 0 Å². The van der Waals surface area contributed by atoms with E-state index in [1.54, 1.807) is 21.9 Å². The highest BCUT2D eigenvalue weighted by Gasteiger charge is 2.26. The molecular weight excluding hydrogens is 288 g/mol. The van der Waals surface area contributed by atoms with E-state index in [-0.39, 0.29) is 11.8 Å². The molecule has 0 aromatic carbocycles. The maximum atomic E-state index is 12.2. The first kappa shape index (κ1) is 13.9. The fourth-order valence-electron chi connectivity index (χ4n) is 2.39. The molecule has 110 valence electrons. The van der Waals surface area contributed by atoms with Crippen LogP contribution in [0.3, 0.4) is 0 Å². The third kappa shape index (κ3) is 2.85. The molecule has 0 atom stereocenters. The fraction of sp³-hybridized carbons (Fsp3) is 0.333. The van der Waals surface area contributed by atoms with Crippen LogP contribution in [-0.2, 0) is 0 Å². The second-order valence-electron chi connectivity index (χ2n) is 5.01. The van der Waals surface area contributed by atoms with Crippen LogP contribution in [-0.4, -0.2) is 47.8 Å². The van der Waals surface area contributed by atoms with Gasteiger partial charge in [-0.2, -0.15) is 11.3 Å². The molecule has 3 heterocycles. The number of piperazine rings is 1. The van der Waals surface area contributed by atoms with Crippen molar-refractivity contribution in [2.24, 2.45) is 0 Å². The third-order valence-electron chi connectivity index (χ3n) is 3.57. The van der Waals surface area contributed by atoms with Gasteiger partial charge in [0.1, 0.15) is 5.76 Å². The van der Waals surface area contributed by atoms with E-state index in [1.165, 1.54) is 11.3 Å². The van der Waals surface area contributed by atoms with Crippen LogP contribution in [0.2, 0.25) is 0 Å². The number of nitrogens with zero attached hydrogens (tertiary/aromatic N) is 2. The average Bonchev–Trinajstić information content (AvgIpc) is 3.17. The molecule has 1 fully saturated rings. The molecule has 0 radical (unpaired) electrons. The molecule has 6 heteroatoms. The first-order valence-corrected chi connectivity index (χ1v) is 7.76. The van der Waals surface area contributed by atoms with Gasteiger partial charge in [0.2, 0.25) is 0 Å². The zero-order valence-corrected chi connectivity index (χ0v) is 12.6. The lowest BCUT2D eigenvalue weighted by molar-refractivity contribution is 0.0518. The van der Waals surface area contributed by atoms with E-state index in [2.05, 4.69) is 0 Å². The molecule has 0 N–H and O–H groups in total. The highest BCUT2D eigenvalue weighted by Crippen LogP contribution is 2.14. The average molecular weight is 304 g/mol. The van der Waals surface area contributed by atoms with Crippen LogP contribution in [0.25, 0.3) is 0 Å². The number of hydrogen-bond donors (Lipinski definition) is 0. The number of amides is 2. The molecule has 2 aromatic rings. The van der Waals surface area contributed by atoms with Gasteiger partial charge < -0.3 is 14.2 Å². The number of thiophene rings is 1. The lowest BCUT2D eigenvalue weighted by Gasteiger charge is -2.34. The van der Waals surface area contributed by atoms with Crippen molar-refractivity contribution in [3.8, 4) is 0 Å². The highest BCUT2D eigenvalue weighted by atomic mass is 32.1. The third-order valence-corrected chi connectivity index (χ3v) is 4.26. The van der Waals surface area contributed by atoms with Gasteiger partial charge in [-0.25, -0.2) is 0 Å². The molecule has 0 spiro atoms. The van der Waals surface area contributed by atoms with Gasteiger partial charge in [0, 0.05) is 31.6 Å². The van der Waals surface area contributed by atoms with Gasteiger partial charge in [0.15, 0.2) is 5.76 Å². The summed E-state index contributed by atoms with van der Waals surface area (Å²) in [6.45, 7) is 4.00. The van der Waals surface area contributed by atoms with E-state index in [9.17, 15) is 9.59 Å². The minimum absolute atomic E-state index is 0.0391. The zero-order chi connectivity index (χ0) is 14.8. The molecule has 2 aromatic heterocycles. The first-order chi connectivity index (χ1) is 10.1. The lowest BCUT2D eigenvalue weighted by atomic mass is 10.2. The van der Waals surface area contributed by atoms with Crippen LogP contribution in [0.5, 0.6) is 0 Å². The number of carbonyl (C=O) groups excluding carboxylic acids is 2. The maximum absolute atomic E-state index is 12.2. The van der Waals surface area contributed by atoms with Gasteiger partial charge in [0.05, 0.1) is 5.56 Å². The summed E-state index contributed by atoms with van der Waals surface area (Å²) < 4.78 is 5.36. The summed E-state index contributed by atoms with van der Waals surface area (Å²) in [5, 5.41) is 3.75. The van der Waals surface area contributed by atoms with Crippen molar-refractivity contribution in [3.63, 3.8) is 0 Å². The van der Waals surface area contributed by atoms with E-state index in [0.717, 1.165) is 11.3 Å². The molecule has 1 saturated heterocycles. The molecule has 0 saturated carbocycles. The fourth-order valence-corrected chi connectivity index (χ4v) is 3.02. The summed E-state index contributed by atoms with van der Waals surface area (Å²) in [5.41, 5.74) is 0.724. The lowest BCUT2D eigenvalue weighted by Crippen LogP contribution is -2.50. The Morgan fingerprint density at radius 2 is 1.71 bits per heavy atom. The molecule has 5 nitrogen and oxygen atoms in total. The summed E-state index contributed by atoms with van der Waals surface area (Å²) in [6, 6.07) is 5.31. The predicted octanol–water partition coefficient (Wildman–Crippen LogP) is 2.25. The normalized spacial score (nSPS) is 15.3. The number of rotatable bonds is 2. The molecule has 0 bridgehead atoms. The summed E-state index contributed by atoms with van der Waals surface area (Å²) in [6.07, 6.45) is 0. The topological polar surface area (TPSA) is 53.8 Å². The summed E-state index contributed by atoms with van der Waals surface area (Å²) in [5.74, 6) is 1.03. The number of carbonyl (C=O) groups is 2. The quantitative estimate of drug-likeness (QED) is 0.855. The molecule has 0 unspecified atom stereocenters. The predicted molar refractivity (Wildman–Crippen MR) is 79.6 cm³/mol. The van der Waals surface area contributed by atoms with Crippen LogP contribution < -0.4 is 0 Å². The van der Waals surface area contributed by atoms with Crippen LogP contribution in [0.15, 0.2) is 33.4 Å². The second-order valence-corrected chi connectivity index (χ2v) is 5.79. The van der Waals surface area contributed by atoms with E-state index >= 15 is 0 Å².